The second-order valence-electron chi connectivity index (χ2n) is 6.74. The first kappa shape index (κ1) is 23.6. The maximum Gasteiger partial charge on any atom is 0.245 e. The Balaban J connectivity index is 1.96. The molecule has 3 rings (SSSR count). The van der Waals surface area contributed by atoms with E-state index < -0.39 is 39.3 Å². The summed E-state index contributed by atoms with van der Waals surface area (Å²) in [6.45, 7) is 0. The number of para-hydroxylation sites is 1. The van der Waals surface area contributed by atoms with Crippen molar-refractivity contribution in [2.75, 3.05) is 12.4 Å². The average molecular weight is 481 g/mol. The van der Waals surface area contributed by atoms with Crippen molar-refractivity contribution in [2.24, 2.45) is 0 Å². The molecule has 0 aliphatic rings. The summed E-state index contributed by atoms with van der Waals surface area (Å²) in [5.74, 6) is -2.91. The second-order valence-corrected chi connectivity index (χ2v) is 8.86. The van der Waals surface area contributed by atoms with Gasteiger partial charge in [0.25, 0.3) is 0 Å². The number of nitrogens with one attached hydrogen (secondary N) is 2. The number of benzene rings is 3. The van der Waals surface area contributed by atoms with Crippen molar-refractivity contribution in [3.8, 4) is 5.75 Å². The summed E-state index contributed by atoms with van der Waals surface area (Å²) in [5.41, 5.74) is -0.0440. The Kier molecular flexibility index (Phi) is 7.44. The fraction of sp³-hybridized carbons (Fsp3) is 0.136. The van der Waals surface area contributed by atoms with E-state index in [2.05, 4.69) is 10.0 Å². The lowest BCUT2D eigenvalue weighted by atomic mass is 10.1. The number of methoxy groups -OCH3 is 1. The largest absolute Gasteiger partial charge is 0.495 e. The molecule has 1 atom stereocenters. The number of sulfonamides is 1. The molecule has 0 aliphatic carbocycles. The van der Waals surface area contributed by atoms with E-state index in [-0.39, 0.29) is 22.1 Å². The highest BCUT2D eigenvalue weighted by atomic mass is 35.5. The van der Waals surface area contributed by atoms with Gasteiger partial charge in [-0.1, -0.05) is 48.0 Å². The SMILES string of the molecule is COc1ccc(Cl)cc1S(=O)(=O)N[C@H](Cc1ccccc1)C(=O)Nc1c(F)cccc1F. The van der Waals surface area contributed by atoms with Gasteiger partial charge in [0.1, 0.15) is 34.0 Å². The van der Waals surface area contributed by atoms with Gasteiger partial charge in [-0.25, -0.2) is 17.2 Å². The molecule has 32 heavy (non-hydrogen) atoms. The van der Waals surface area contributed by atoms with Gasteiger partial charge in [0.15, 0.2) is 0 Å². The van der Waals surface area contributed by atoms with Crippen LogP contribution in [0.3, 0.4) is 0 Å². The van der Waals surface area contributed by atoms with Crippen molar-refractivity contribution in [1.29, 1.82) is 0 Å². The summed E-state index contributed by atoms with van der Waals surface area (Å²) in [7, 11) is -3.02. The third-order valence-corrected chi connectivity index (χ3v) is 6.25. The van der Waals surface area contributed by atoms with Crippen LogP contribution in [0.15, 0.2) is 71.6 Å². The van der Waals surface area contributed by atoms with Gasteiger partial charge < -0.3 is 10.1 Å². The summed E-state index contributed by atoms with van der Waals surface area (Å²) in [6, 6.07) is 14.3. The molecule has 10 heteroatoms. The average Bonchev–Trinajstić information content (AvgIpc) is 2.76. The minimum Gasteiger partial charge on any atom is -0.495 e. The van der Waals surface area contributed by atoms with E-state index >= 15 is 0 Å². The molecular weight excluding hydrogens is 462 g/mol. The number of carbonyl (C=O) groups is 1. The van der Waals surface area contributed by atoms with Gasteiger partial charge >= 0.3 is 0 Å². The van der Waals surface area contributed by atoms with Crippen molar-refractivity contribution in [1.82, 2.24) is 4.72 Å². The predicted octanol–water partition coefficient (Wildman–Crippen LogP) is 4.16. The lowest BCUT2D eigenvalue weighted by molar-refractivity contribution is -0.117. The quantitative estimate of drug-likeness (QED) is 0.507. The lowest BCUT2D eigenvalue weighted by Crippen LogP contribution is -2.45. The van der Waals surface area contributed by atoms with Crippen LogP contribution in [0.25, 0.3) is 0 Å². The van der Waals surface area contributed by atoms with Crippen molar-refractivity contribution < 1.29 is 26.7 Å². The minimum absolute atomic E-state index is 0.0147. The number of anilines is 1. The molecule has 168 valence electrons. The number of hydrogen-bond acceptors (Lipinski definition) is 4. The zero-order valence-corrected chi connectivity index (χ0v) is 18.4. The number of rotatable bonds is 8. The zero-order chi connectivity index (χ0) is 23.3. The molecule has 3 aromatic carbocycles. The number of amides is 1. The summed E-state index contributed by atoms with van der Waals surface area (Å²) in [4.78, 5) is 12.6. The van der Waals surface area contributed by atoms with Crippen LogP contribution in [-0.2, 0) is 21.2 Å². The molecule has 0 unspecified atom stereocenters. The fourth-order valence-electron chi connectivity index (χ4n) is 2.98. The molecule has 0 fully saturated rings. The van der Waals surface area contributed by atoms with Crippen LogP contribution in [0.5, 0.6) is 5.75 Å². The van der Waals surface area contributed by atoms with Crippen molar-refractivity contribution in [2.45, 2.75) is 17.4 Å². The van der Waals surface area contributed by atoms with Crippen molar-refractivity contribution in [3.05, 3.63) is 89.0 Å². The fourth-order valence-corrected chi connectivity index (χ4v) is 4.60. The maximum atomic E-state index is 14.0. The summed E-state index contributed by atoms with van der Waals surface area (Å²) in [6.07, 6.45) is -0.0785. The van der Waals surface area contributed by atoms with Gasteiger partial charge in [0.05, 0.1) is 7.11 Å². The third-order valence-electron chi connectivity index (χ3n) is 4.52. The number of ether oxygens (including phenoxy) is 1. The molecule has 1 amide bonds. The molecule has 0 saturated carbocycles. The Labute approximate surface area is 189 Å². The molecule has 0 saturated heterocycles. The monoisotopic (exact) mass is 480 g/mol. The van der Waals surface area contributed by atoms with Crippen LogP contribution in [0.2, 0.25) is 5.02 Å². The Morgan fingerprint density at radius 3 is 2.31 bits per heavy atom. The van der Waals surface area contributed by atoms with Gasteiger partial charge in [-0.15, -0.1) is 0 Å². The topological polar surface area (TPSA) is 84.5 Å². The van der Waals surface area contributed by atoms with E-state index in [9.17, 15) is 22.0 Å². The Morgan fingerprint density at radius 1 is 1.03 bits per heavy atom. The molecule has 0 bridgehead atoms. The second kappa shape index (κ2) is 10.1. The van der Waals surface area contributed by atoms with E-state index in [1.807, 2.05) is 0 Å². The van der Waals surface area contributed by atoms with Crippen LogP contribution in [-0.4, -0.2) is 27.5 Å². The molecule has 0 aliphatic heterocycles. The van der Waals surface area contributed by atoms with Gasteiger partial charge in [0, 0.05) is 5.02 Å². The minimum atomic E-state index is -4.31. The van der Waals surface area contributed by atoms with Crippen LogP contribution < -0.4 is 14.8 Å². The maximum absolute atomic E-state index is 14.0. The highest BCUT2D eigenvalue weighted by Gasteiger charge is 2.29. The highest BCUT2D eigenvalue weighted by molar-refractivity contribution is 7.89. The molecule has 6 nitrogen and oxygen atoms in total. The highest BCUT2D eigenvalue weighted by Crippen LogP contribution is 2.27. The number of hydrogen-bond donors (Lipinski definition) is 2. The smallest absolute Gasteiger partial charge is 0.245 e. The molecule has 0 aromatic heterocycles. The van der Waals surface area contributed by atoms with Crippen LogP contribution in [0.4, 0.5) is 14.5 Å². The summed E-state index contributed by atoms with van der Waals surface area (Å²) in [5, 5.41) is 2.28. The summed E-state index contributed by atoms with van der Waals surface area (Å²) < 4.78 is 61.6. The third kappa shape index (κ3) is 5.61. The van der Waals surface area contributed by atoms with Crippen LogP contribution >= 0.6 is 11.6 Å². The first-order valence-corrected chi connectivity index (χ1v) is 11.2. The van der Waals surface area contributed by atoms with Crippen molar-refractivity contribution >= 4 is 33.2 Å². The lowest BCUT2D eigenvalue weighted by Gasteiger charge is -2.20. The molecule has 2 N–H and O–H groups in total. The van der Waals surface area contributed by atoms with Gasteiger partial charge in [-0.2, -0.15) is 4.72 Å². The zero-order valence-electron chi connectivity index (χ0n) is 16.8. The van der Waals surface area contributed by atoms with E-state index in [1.165, 1.54) is 25.3 Å². The van der Waals surface area contributed by atoms with E-state index in [4.69, 9.17) is 16.3 Å². The standard InChI is InChI=1S/C22H19ClF2N2O4S/c1-31-19-11-10-15(23)13-20(19)32(29,30)27-18(12-14-6-3-2-4-7-14)22(28)26-21-16(24)8-5-9-17(21)25/h2-11,13,18,27H,12H2,1H3,(H,26,28)/t18-/m1/s1. The first-order chi connectivity index (χ1) is 15.2. The normalized spacial score (nSPS) is 12.2. The molecular formula is C22H19ClF2N2O4S. The van der Waals surface area contributed by atoms with E-state index in [0.717, 1.165) is 18.2 Å². The van der Waals surface area contributed by atoms with Gasteiger partial charge in [-0.3, -0.25) is 4.79 Å². The first-order valence-electron chi connectivity index (χ1n) is 9.36. The Morgan fingerprint density at radius 2 is 1.69 bits per heavy atom. The van der Waals surface area contributed by atoms with E-state index in [1.54, 1.807) is 30.3 Å². The molecule has 0 heterocycles. The summed E-state index contributed by atoms with van der Waals surface area (Å²) >= 11 is 5.94. The molecule has 0 radical (unpaired) electrons. The Bertz CT molecular complexity index is 1200. The molecule has 0 spiro atoms. The molecule has 3 aromatic rings. The predicted molar refractivity (Wildman–Crippen MR) is 117 cm³/mol. The number of halogens is 3. The van der Waals surface area contributed by atoms with Gasteiger partial charge in [0.2, 0.25) is 15.9 Å². The van der Waals surface area contributed by atoms with E-state index in [0.29, 0.717) is 5.56 Å². The number of carbonyl (C=O) groups excluding carboxylic acids is 1. The van der Waals surface area contributed by atoms with Gasteiger partial charge in [-0.05, 0) is 42.3 Å². The Hall–Kier alpha value is -3.01. The van der Waals surface area contributed by atoms with Crippen molar-refractivity contribution in [3.63, 3.8) is 0 Å². The van der Waals surface area contributed by atoms with Crippen LogP contribution in [0.1, 0.15) is 5.56 Å². The van der Waals surface area contributed by atoms with Crippen LogP contribution in [0, 0.1) is 11.6 Å².